The lowest BCUT2D eigenvalue weighted by atomic mass is 10.1. The van der Waals surface area contributed by atoms with E-state index in [4.69, 9.17) is 20.1 Å². The molecule has 4 N–H and O–H groups in total. The van der Waals surface area contributed by atoms with Gasteiger partial charge in [0.1, 0.15) is 6.23 Å². The molecule has 1 aliphatic rings. The molecule has 0 aromatic carbocycles. The molecule has 1 aromatic heterocycles. The first kappa shape index (κ1) is 68.1. The van der Waals surface area contributed by atoms with Gasteiger partial charge in [-0.05, 0) is 129 Å². The number of alkyl halides is 2. The fourth-order valence-corrected chi connectivity index (χ4v) is 8.88. The van der Waals surface area contributed by atoms with Gasteiger partial charge in [0.15, 0.2) is 0 Å². The van der Waals surface area contributed by atoms with Crippen LogP contribution >= 0.6 is 15.2 Å². The lowest BCUT2D eigenvalue weighted by Gasteiger charge is -2.24. The van der Waals surface area contributed by atoms with Crippen molar-refractivity contribution in [2.45, 2.75) is 215 Å². The third kappa shape index (κ3) is 29.4. The molecule has 4 atom stereocenters. The maximum atomic E-state index is 13.5. The van der Waals surface area contributed by atoms with Crippen LogP contribution in [0.1, 0.15) is 196 Å². The number of aromatic nitrogens is 2. The number of nitrogens with one attached hydrogen (secondary N) is 1. The van der Waals surface area contributed by atoms with Crippen LogP contribution in [-0.4, -0.2) is 122 Å². The van der Waals surface area contributed by atoms with E-state index in [1.807, 2.05) is 4.98 Å². The van der Waals surface area contributed by atoms with Crippen molar-refractivity contribution >= 4 is 15.2 Å². The van der Waals surface area contributed by atoms with Crippen molar-refractivity contribution in [3.8, 4) is 0 Å². The predicted molar refractivity (Wildman–Crippen MR) is 274 cm³/mol. The van der Waals surface area contributed by atoms with Crippen LogP contribution in [0.4, 0.5) is 8.78 Å². The number of halogens is 2. The van der Waals surface area contributed by atoms with Gasteiger partial charge in [0, 0.05) is 23.1 Å². The highest BCUT2D eigenvalue weighted by Gasteiger charge is 2.65. The van der Waals surface area contributed by atoms with Crippen molar-refractivity contribution in [3.63, 3.8) is 0 Å². The molecule has 0 radical (unpaired) electrons. The van der Waals surface area contributed by atoms with E-state index in [0.29, 0.717) is 0 Å². The lowest BCUT2D eigenvalue weighted by molar-refractivity contribution is -0.0276. The number of nitrogens with zero attached hydrogens (tertiary/aromatic N) is 7. The molecular weight excluding hydrogens is 921 g/mol. The van der Waals surface area contributed by atoms with Gasteiger partial charge in [-0.3, -0.25) is 23.5 Å². The Morgan fingerprint density at radius 3 is 1.31 bits per heavy atom. The zero-order chi connectivity index (χ0) is 52.0. The van der Waals surface area contributed by atoms with E-state index in [2.05, 4.69) is 91.6 Å². The van der Waals surface area contributed by atoms with Crippen molar-refractivity contribution < 1.29 is 41.9 Å². The van der Waals surface area contributed by atoms with Crippen molar-refractivity contribution in [1.29, 1.82) is 0 Å². The molecule has 0 spiro atoms. The number of ether oxygens (including phenoxy) is 1. The van der Waals surface area contributed by atoms with Gasteiger partial charge in [-0.1, -0.05) is 125 Å². The fourth-order valence-electron chi connectivity index (χ4n) is 6.88. The van der Waals surface area contributed by atoms with Crippen molar-refractivity contribution in [1.82, 2.24) is 24.3 Å². The number of unbranched alkanes of at least 4 members (excludes halogenated alkanes) is 9. The third-order valence-electron chi connectivity index (χ3n) is 11.4. The summed E-state index contributed by atoms with van der Waals surface area (Å²) in [6.45, 7) is 32.6. The second-order valence-corrected chi connectivity index (χ2v) is 21.6. The van der Waals surface area contributed by atoms with Crippen molar-refractivity contribution in [3.05, 3.63) is 43.0 Å². The average Bonchev–Trinajstić information content (AvgIpc) is 3.71. The van der Waals surface area contributed by atoms with Gasteiger partial charge in [0.25, 0.3) is 5.56 Å². The molecule has 2 heterocycles. The molecule has 402 valence electrons. The number of azide groups is 1. The molecule has 0 saturated carbocycles. The Hall–Kier alpha value is -2.01. The SMILES string of the molecule is CCCCN(CCCC)CCCC.CCCCN(CCCC)CCCC.CCCCN(CCCC)CCCC.Cc1cn([C@H]2C[C@H](N=[N+]=[N-])[C@@H](COP(=O)(O)C(F)(F)P(=O)(O)O)O2)c(=O)[nH]c1=O. The second-order valence-electron chi connectivity index (χ2n) is 17.7. The highest BCUT2D eigenvalue weighted by molar-refractivity contribution is 7.72. The van der Waals surface area contributed by atoms with Crippen LogP contribution in [0.25, 0.3) is 10.4 Å². The Kier molecular flexibility index (Phi) is 40.6. The van der Waals surface area contributed by atoms with Gasteiger partial charge in [-0.2, -0.15) is 8.78 Å². The van der Waals surface area contributed by atoms with Crippen LogP contribution in [0.2, 0.25) is 0 Å². The van der Waals surface area contributed by atoms with Gasteiger partial charge in [-0.25, -0.2) is 4.79 Å². The molecule has 0 aliphatic carbocycles. The molecule has 1 aliphatic heterocycles. The zero-order valence-electron chi connectivity index (χ0n) is 43.9. The predicted octanol–water partition coefficient (Wildman–Crippen LogP) is 11.8. The number of H-pyrrole nitrogens is 1. The number of aryl methyl sites for hydroxylation is 1. The van der Waals surface area contributed by atoms with Crippen molar-refractivity contribution in [2.24, 2.45) is 5.11 Å². The van der Waals surface area contributed by atoms with Gasteiger partial charge < -0.3 is 38.6 Å². The summed E-state index contributed by atoms with van der Waals surface area (Å²) in [6, 6.07) is -1.15. The van der Waals surface area contributed by atoms with E-state index in [0.717, 1.165) is 10.8 Å². The van der Waals surface area contributed by atoms with E-state index in [1.165, 1.54) is 181 Å². The van der Waals surface area contributed by atoms with Crippen molar-refractivity contribution in [2.75, 3.05) is 65.5 Å². The van der Waals surface area contributed by atoms with Gasteiger partial charge in [0.2, 0.25) is 0 Å². The quantitative estimate of drug-likeness (QED) is 0.0219. The largest absolute Gasteiger partial charge is 0.443 e. The Morgan fingerprint density at radius 2 is 1.03 bits per heavy atom. The Labute approximate surface area is 408 Å². The Bertz CT molecular complexity index is 1550. The first-order chi connectivity index (χ1) is 32.2. The standard InChI is InChI=1S/3C12H27N.C11H15F2N5O9P2/c3*1-4-7-10-13(11-8-5-2)12-9-6-3;1-5-3-18(10(20)15-9(5)19)8-2-6(16-17-14)7(27-8)4-26-29(24,25)11(12,13)28(21,22)23/h3*4-12H2,1-3H3;3,6-8H,2,4H2,1H3,(H,24,25)(H,15,19,20)(H2,21,22,23)/t;;;6-,7+,8+/m...0/s1. The highest BCUT2D eigenvalue weighted by Crippen LogP contribution is 2.73. The molecule has 1 unspecified atom stereocenters. The van der Waals surface area contributed by atoms with Crippen LogP contribution in [0.3, 0.4) is 0 Å². The monoisotopic (exact) mass is 1020 g/mol. The molecule has 1 fully saturated rings. The molecule has 68 heavy (non-hydrogen) atoms. The summed E-state index contributed by atoms with van der Waals surface area (Å²) in [7, 11) is -12.5. The minimum absolute atomic E-state index is 0.134. The Morgan fingerprint density at radius 1 is 0.706 bits per heavy atom. The van der Waals surface area contributed by atoms with E-state index in [1.54, 1.807) is 0 Å². The van der Waals surface area contributed by atoms with E-state index in [-0.39, 0.29) is 12.0 Å². The van der Waals surface area contributed by atoms with Crippen LogP contribution in [0.5, 0.6) is 0 Å². The second kappa shape index (κ2) is 40.6. The first-order valence-corrected chi connectivity index (χ1v) is 29.0. The lowest BCUT2D eigenvalue weighted by Crippen LogP contribution is -2.33. The molecule has 17 nitrogen and oxygen atoms in total. The number of hydrogen-bond acceptors (Lipinski definition) is 10. The summed E-state index contributed by atoms with van der Waals surface area (Å²) < 4.78 is 59.8. The number of rotatable bonds is 34. The molecular formula is C47H96F2N8O9P2. The summed E-state index contributed by atoms with van der Waals surface area (Å²) in [6.07, 6.45) is 22.7. The molecule has 2 rings (SSSR count). The van der Waals surface area contributed by atoms with E-state index in [9.17, 15) is 32.4 Å². The van der Waals surface area contributed by atoms with Crippen LogP contribution in [0.15, 0.2) is 20.9 Å². The molecule has 1 saturated heterocycles. The first-order valence-electron chi connectivity index (χ1n) is 25.8. The molecule has 0 amide bonds. The van der Waals surface area contributed by atoms with E-state index >= 15 is 0 Å². The summed E-state index contributed by atoms with van der Waals surface area (Å²) >= 11 is 0. The number of aromatic amines is 1. The maximum absolute atomic E-state index is 13.5. The Balaban J connectivity index is 0. The minimum atomic E-state index is -6.33. The topological polar surface area (TPSA) is 227 Å². The maximum Gasteiger partial charge on any atom is 0.443 e. The fraction of sp³-hybridized carbons (Fsp3) is 0.915. The zero-order valence-corrected chi connectivity index (χ0v) is 45.7. The summed E-state index contributed by atoms with van der Waals surface area (Å²) in [4.78, 5) is 62.2. The summed E-state index contributed by atoms with van der Waals surface area (Å²) in [5.41, 5.74) is 7.22. The third-order valence-corrected chi connectivity index (χ3v) is 14.8. The number of hydrogen-bond donors (Lipinski definition) is 4. The van der Waals surface area contributed by atoms with E-state index < -0.39 is 56.8 Å². The van der Waals surface area contributed by atoms with Gasteiger partial charge >= 0.3 is 26.3 Å². The summed E-state index contributed by atoms with van der Waals surface area (Å²) in [5.74, 6) is 0. The van der Waals surface area contributed by atoms with Gasteiger partial charge in [0.05, 0.1) is 18.8 Å². The average molecular weight is 1020 g/mol. The normalized spacial score (nSPS) is 16.9. The summed E-state index contributed by atoms with van der Waals surface area (Å²) in [5, 5.41) is -2.04. The molecule has 0 bridgehead atoms. The van der Waals surface area contributed by atoms with Crippen LogP contribution in [-0.2, 0) is 18.4 Å². The minimum Gasteiger partial charge on any atom is -0.352 e. The highest BCUT2D eigenvalue weighted by atomic mass is 31.2. The van der Waals surface area contributed by atoms with Crippen LogP contribution < -0.4 is 11.2 Å². The van der Waals surface area contributed by atoms with Crippen LogP contribution in [0, 0.1) is 6.92 Å². The molecule has 1 aromatic rings. The molecule has 21 heteroatoms. The van der Waals surface area contributed by atoms with Gasteiger partial charge in [-0.15, -0.1) is 0 Å². The smallest absolute Gasteiger partial charge is 0.352 e.